The molecule has 0 spiro atoms. The fraction of sp³-hybridized carbons (Fsp3) is 0.308. The van der Waals surface area contributed by atoms with E-state index < -0.39 is 12.0 Å². The first-order chi connectivity index (χ1) is 16.0. The molecule has 0 radical (unpaired) electrons. The molecule has 0 bridgehead atoms. The molecule has 0 fully saturated rings. The molecule has 0 saturated heterocycles. The Labute approximate surface area is 192 Å². The number of carbonyl (C=O) groups is 2. The van der Waals surface area contributed by atoms with E-state index in [1.807, 2.05) is 54.3 Å². The lowest BCUT2D eigenvalue weighted by Gasteiger charge is -2.45. The molecular formula is C26H26N2O5. The number of furan rings is 1. The van der Waals surface area contributed by atoms with Gasteiger partial charge in [-0.2, -0.15) is 0 Å². The maximum absolute atomic E-state index is 13.6. The Morgan fingerprint density at radius 2 is 1.85 bits per heavy atom. The van der Waals surface area contributed by atoms with E-state index in [0.29, 0.717) is 35.8 Å². The Morgan fingerprint density at radius 3 is 2.58 bits per heavy atom. The second kappa shape index (κ2) is 8.31. The molecule has 1 aromatic heterocycles. The molecule has 2 atom stereocenters. The molecule has 0 aliphatic carbocycles. The summed E-state index contributed by atoms with van der Waals surface area (Å²) in [5.74, 6) is 1.93. The Kier molecular flexibility index (Phi) is 5.32. The van der Waals surface area contributed by atoms with Crippen LogP contribution in [-0.2, 0) is 17.8 Å². The van der Waals surface area contributed by atoms with E-state index in [1.54, 1.807) is 20.3 Å². The normalized spacial score (nSPS) is 18.8. The van der Waals surface area contributed by atoms with Crippen LogP contribution in [0.5, 0.6) is 11.5 Å². The fourth-order valence-electron chi connectivity index (χ4n) is 5.00. The summed E-state index contributed by atoms with van der Waals surface area (Å²) in [6.45, 7) is 2.68. The zero-order valence-electron chi connectivity index (χ0n) is 18.9. The highest BCUT2D eigenvalue weighted by atomic mass is 16.5. The van der Waals surface area contributed by atoms with Gasteiger partial charge in [0.05, 0.1) is 32.7 Å². The third kappa shape index (κ3) is 3.53. The van der Waals surface area contributed by atoms with Crippen LogP contribution in [0.3, 0.4) is 0 Å². The van der Waals surface area contributed by atoms with E-state index in [2.05, 4.69) is 5.32 Å². The molecule has 0 saturated carbocycles. The van der Waals surface area contributed by atoms with Gasteiger partial charge in [0.15, 0.2) is 11.5 Å². The van der Waals surface area contributed by atoms with Crippen LogP contribution in [0.15, 0.2) is 52.9 Å². The average Bonchev–Trinajstić information content (AvgIpc) is 3.26. The van der Waals surface area contributed by atoms with Gasteiger partial charge >= 0.3 is 0 Å². The molecule has 170 valence electrons. The lowest BCUT2D eigenvalue weighted by molar-refractivity contribution is -0.124. The Hall–Kier alpha value is -3.74. The molecule has 5 rings (SSSR count). The van der Waals surface area contributed by atoms with Crippen molar-refractivity contribution in [2.75, 3.05) is 20.8 Å². The number of benzene rings is 2. The molecule has 2 aliphatic heterocycles. The number of amides is 2. The molecule has 2 aromatic carbocycles. The zero-order chi connectivity index (χ0) is 23.1. The topological polar surface area (TPSA) is 81.0 Å². The number of carbonyl (C=O) groups excluding carboxylic acids is 2. The number of rotatable bonds is 5. The van der Waals surface area contributed by atoms with Crippen molar-refractivity contribution in [2.45, 2.75) is 31.8 Å². The number of nitrogens with one attached hydrogen (secondary N) is 1. The quantitative estimate of drug-likeness (QED) is 0.646. The maximum atomic E-state index is 13.6. The highest BCUT2D eigenvalue weighted by molar-refractivity contribution is 6.01. The van der Waals surface area contributed by atoms with Crippen LogP contribution in [0.2, 0.25) is 0 Å². The van der Waals surface area contributed by atoms with Crippen molar-refractivity contribution in [1.82, 2.24) is 10.2 Å². The smallest absolute Gasteiger partial charge is 0.254 e. The minimum absolute atomic E-state index is 0.0539. The largest absolute Gasteiger partial charge is 0.493 e. The minimum atomic E-state index is -0.563. The van der Waals surface area contributed by atoms with E-state index in [-0.39, 0.29) is 18.4 Å². The van der Waals surface area contributed by atoms with Crippen molar-refractivity contribution in [3.63, 3.8) is 0 Å². The molecule has 3 heterocycles. The van der Waals surface area contributed by atoms with E-state index in [4.69, 9.17) is 13.9 Å². The number of methoxy groups -OCH3 is 2. The van der Waals surface area contributed by atoms with Crippen LogP contribution < -0.4 is 14.8 Å². The molecule has 1 N–H and O–H groups in total. The highest BCUT2D eigenvalue weighted by Gasteiger charge is 2.46. The number of ether oxygens (including phenoxy) is 2. The van der Waals surface area contributed by atoms with E-state index in [1.165, 1.54) is 0 Å². The molecule has 2 aliphatic rings. The molecule has 7 heteroatoms. The van der Waals surface area contributed by atoms with Crippen molar-refractivity contribution >= 4 is 11.8 Å². The van der Waals surface area contributed by atoms with Crippen molar-refractivity contribution in [1.29, 1.82) is 0 Å². The van der Waals surface area contributed by atoms with Crippen LogP contribution in [0.4, 0.5) is 0 Å². The van der Waals surface area contributed by atoms with Crippen molar-refractivity contribution < 1.29 is 23.5 Å². The molecule has 2 amide bonds. The summed E-state index contributed by atoms with van der Waals surface area (Å²) in [5, 5.41) is 3.03. The predicted octanol–water partition coefficient (Wildman–Crippen LogP) is 3.76. The summed E-state index contributed by atoms with van der Waals surface area (Å²) in [7, 11) is 3.19. The summed E-state index contributed by atoms with van der Waals surface area (Å²) in [4.78, 5) is 28.9. The summed E-state index contributed by atoms with van der Waals surface area (Å²) in [5.41, 5.74) is 3.28. The van der Waals surface area contributed by atoms with Crippen molar-refractivity contribution in [2.24, 2.45) is 0 Å². The fourth-order valence-corrected chi connectivity index (χ4v) is 5.00. The Balaban J connectivity index is 1.59. The van der Waals surface area contributed by atoms with Gasteiger partial charge in [0.1, 0.15) is 11.5 Å². The second-order valence-electron chi connectivity index (χ2n) is 8.39. The molecule has 7 nitrogen and oxygen atoms in total. The Bertz CT molecular complexity index is 1230. The van der Waals surface area contributed by atoms with Crippen molar-refractivity contribution in [3.05, 3.63) is 82.3 Å². The van der Waals surface area contributed by atoms with Crippen LogP contribution in [-0.4, -0.2) is 37.5 Å². The van der Waals surface area contributed by atoms with Gasteiger partial charge in [-0.15, -0.1) is 0 Å². The van der Waals surface area contributed by atoms with Crippen molar-refractivity contribution in [3.8, 4) is 11.5 Å². The van der Waals surface area contributed by atoms with Gasteiger partial charge < -0.3 is 24.1 Å². The van der Waals surface area contributed by atoms with Gasteiger partial charge in [-0.3, -0.25) is 9.59 Å². The molecular weight excluding hydrogens is 420 g/mol. The van der Waals surface area contributed by atoms with Crippen LogP contribution in [0.25, 0.3) is 0 Å². The minimum Gasteiger partial charge on any atom is -0.493 e. The number of fused-ring (bicyclic) bond motifs is 4. The standard InChI is InChI=1S/C26H26N2O5/c1-15-8-9-17(33-15)14-27-25(29)23-18-6-4-5-7-19(18)26(30)28-11-10-16-12-21(31-2)22(32-3)13-20(16)24(23)28/h4-9,12-13,23-24H,10-11,14H2,1-3H3,(H,27,29). The zero-order valence-corrected chi connectivity index (χ0v) is 18.9. The second-order valence-corrected chi connectivity index (χ2v) is 8.39. The molecule has 33 heavy (non-hydrogen) atoms. The van der Waals surface area contributed by atoms with E-state index >= 15 is 0 Å². The summed E-state index contributed by atoms with van der Waals surface area (Å²) in [6, 6.07) is 14.5. The molecule has 3 aromatic rings. The van der Waals surface area contributed by atoms with Gasteiger partial charge in [-0.05, 0) is 60.4 Å². The first kappa shape index (κ1) is 21.1. The lowest BCUT2D eigenvalue weighted by Crippen LogP contribution is -2.50. The lowest BCUT2D eigenvalue weighted by atomic mass is 9.75. The first-order valence-corrected chi connectivity index (χ1v) is 11.0. The van der Waals surface area contributed by atoms with Gasteiger partial charge in [0, 0.05) is 12.1 Å². The number of nitrogens with zero attached hydrogens (tertiary/aromatic N) is 1. The van der Waals surface area contributed by atoms with Crippen LogP contribution in [0.1, 0.15) is 50.5 Å². The molecule has 2 unspecified atom stereocenters. The van der Waals surface area contributed by atoms with Gasteiger partial charge in [0.25, 0.3) is 5.91 Å². The van der Waals surface area contributed by atoms with Crippen LogP contribution in [0, 0.1) is 6.92 Å². The SMILES string of the molecule is COc1cc2c(cc1OC)C1C(C(=O)NCc3ccc(C)o3)c3ccccc3C(=O)N1CC2. The summed E-state index contributed by atoms with van der Waals surface area (Å²) < 4.78 is 16.6. The van der Waals surface area contributed by atoms with E-state index in [0.717, 1.165) is 22.5 Å². The third-order valence-corrected chi connectivity index (χ3v) is 6.54. The number of hydrogen-bond acceptors (Lipinski definition) is 5. The van der Waals surface area contributed by atoms with Gasteiger partial charge in [-0.1, -0.05) is 18.2 Å². The average molecular weight is 447 g/mol. The summed E-state index contributed by atoms with van der Waals surface area (Å²) in [6.07, 6.45) is 0.681. The maximum Gasteiger partial charge on any atom is 0.254 e. The third-order valence-electron chi connectivity index (χ3n) is 6.54. The van der Waals surface area contributed by atoms with Gasteiger partial charge in [-0.25, -0.2) is 0 Å². The van der Waals surface area contributed by atoms with E-state index in [9.17, 15) is 9.59 Å². The highest BCUT2D eigenvalue weighted by Crippen LogP contribution is 2.48. The monoisotopic (exact) mass is 446 g/mol. The number of hydrogen-bond donors (Lipinski definition) is 1. The van der Waals surface area contributed by atoms with Crippen LogP contribution >= 0.6 is 0 Å². The Morgan fingerprint density at radius 1 is 1.09 bits per heavy atom. The first-order valence-electron chi connectivity index (χ1n) is 11.0. The summed E-state index contributed by atoms with van der Waals surface area (Å²) >= 11 is 0. The number of aryl methyl sites for hydroxylation is 1. The predicted molar refractivity (Wildman–Crippen MR) is 122 cm³/mol. The van der Waals surface area contributed by atoms with Gasteiger partial charge in [0.2, 0.25) is 5.91 Å².